The van der Waals surface area contributed by atoms with Crippen LogP contribution in [-0.4, -0.2) is 38.0 Å². The van der Waals surface area contributed by atoms with Crippen LogP contribution < -0.4 is 0 Å². The first-order valence-electron chi connectivity index (χ1n) is 6.94. The molecule has 20 heavy (non-hydrogen) atoms. The van der Waals surface area contributed by atoms with Gasteiger partial charge in [0.15, 0.2) is 0 Å². The van der Waals surface area contributed by atoms with E-state index in [-0.39, 0.29) is 12.2 Å². The minimum Gasteiger partial charge on any atom is -0.368 e. The van der Waals surface area contributed by atoms with Crippen LogP contribution in [0.1, 0.15) is 18.4 Å². The summed E-state index contributed by atoms with van der Waals surface area (Å²) >= 11 is 0. The summed E-state index contributed by atoms with van der Waals surface area (Å²) in [5, 5.41) is 0. The topological polar surface area (TPSA) is 49.9 Å². The lowest BCUT2D eigenvalue weighted by Crippen LogP contribution is -2.34. The van der Waals surface area contributed by atoms with E-state index in [1.54, 1.807) is 12.1 Å². The Morgan fingerprint density at radius 3 is 2.65 bits per heavy atom. The molecule has 2 atom stereocenters. The van der Waals surface area contributed by atoms with Crippen molar-refractivity contribution in [2.24, 2.45) is 0 Å². The number of hydrogen-bond donors (Lipinski definition) is 0. The molecular weight excluding hydrogens is 274 g/mol. The van der Waals surface area contributed by atoms with E-state index in [1.807, 2.05) is 31.2 Å². The monoisotopic (exact) mass is 293 g/mol. The van der Waals surface area contributed by atoms with Crippen LogP contribution in [0.3, 0.4) is 0 Å². The molecule has 2 aliphatic heterocycles. The first-order chi connectivity index (χ1) is 9.57. The Kier molecular flexibility index (Phi) is 3.67. The van der Waals surface area contributed by atoms with Gasteiger partial charge >= 0.3 is 0 Å². The van der Waals surface area contributed by atoms with Crippen LogP contribution in [0.5, 0.6) is 0 Å². The number of aryl methyl sites for hydroxylation is 1. The Morgan fingerprint density at radius 1 is 1.15 bits per heavy atom. The van der Waals surface area contributed by atoms with Gasteiger partial charge in [0.1, 0.15) is 0 Å². The largest absolute Gasteiger partial charge is 0.368 e. The van der Waals surface area contributed by atoms with Gasteiger partial charge in [-0.25, -0.2) is 8.42 Å². The third-order valence-electron chi connectivity index (χ3n) is 3.82. The minimum absolute atomic E-state index is 0.0649. The molecule has 0 bridgehead atoms. The van der Waals surface area contributed by atoms with Gasteiger partial charge in [-0.2, -0.15) is 4.31 Å². The van der Waals surface area contributed by atoms with Crippen LogP contribution >= 0.6 is 0 Å². The predicted molar refractivity (Wildman–Crippen MR) is 77.0 cm³/mol. The fourth-order valence-corrected chi connectivity index (χ4v) is 3.90. The van der Waals surface area contributed by atoms with Crippen LogP contribution in [0, 0.1) is 6.92 Å². The maximum atomic E-state index is 12.7. The summed E-state index contributed by atoms with van der Waals surface area (Å²) < 4.78 is 32.4. The van der Waals surface area contributed by atoms with E-state index in [0.717, 1.165) is 18.4 Å². The number of hydrogen-bond acceptors (Lipinski definition) is 3. The number of sulfonamides is 1. The van der Waals surface area contributed by atoms with Crippen molar-refractivity contribution in [3.05, 3.63) is 42.0 Å². The number of ether oxygens (including phenoxy) is 1. The molecule has 2 heterocycles. The van der Waals surface area contributed by atoms with Crippen molar-refractivity contribution in [3.63, 3.8) is 0 Å². The molecule has 1 aromatic carbocycles. The molecule has 1 saturated heterocycles. The normalized spacial score (nSPS) is 28.9. The number of allylic oxidation sites excluding steroid dienone is 1. The Balaban J connectivity index is 1.86. The summed E-state index contributed by atoms with van der Waals surface area (Å²) in [7, 11) is -3.44. The van der Waals surface area contributed by atoms with E-state index in [4.69, 9.17) is 4.74 Å². The van der Waals surface area contributed by atoms with Crippen molar-refractivity contribution in [2.45, 2.75) is 36.9 Å². The second-order valence-electron chi connectivity index (χ2n) is 5.40. The van der Waals surface area contributed by atoms with Gasteiger partial charge in [0, 0.05) is 13.1 Å². The van der Waals surface area contributed by atoms with E-state index in [0.29, 0.717) is 18.0 Å². The van der Waals surface area contributed by atoms with Crippen LogP contribution in [0.4, 0.5) is 0 Å². The molecule has 0 aliphatic carbocycles. The highest BCUT2D eigenvalue weighted by molar-refractivity contribution is 7.89. The van der Waals surface area contributed by atoms with Gasteiger partial charge in [0.25, 0.3) is 0 Å². The molecule has 0 unspecified atom stereocenters. The molecule has 0 aromatic heterocycles. The summed E-state index contributed by atoms with van der Waals surface area (Å²) in [6.07, 6.45) is 6.22. The third kappa shape index (κ3) is 2.80. The average Bonchev–Trinajstić information content (AvgIpc) is 3.14. The molecule has 2 aliphatic rings. The van der Waals surface area contributed by atoms with Gasteiger partial charge in [0.05, 0.1) is 17.1 Å². The minimum atomic E-state index is -3.44. The summed E-state index contributed by atoms with van der Waals surface area (Å²) in [4.78, 5) is 0.355. The fourth-order valence-electron chi connectivity index (χ4n) is 2.49. The second-order valence-corrected chi connectivity index (χ2v) is 7.33. The zero-order chi connectivity index (χ0) is 14.2. The molecular formula is C15H19NO3S. The van der Waals surface area contributed by atoms with Gasteiger partial charge in [-0.3, -0.25) is 0 Å². The van der Waals surface area contributed by atoms with Gasteiger partial charge in [-0.15, -0.1) is 0 Å². The quantitative estimate of drug-likeness (QED) is 0.620. The summed E-state index contributed by atoms with van der Waals surface area (Å²) in [5.74, 6) is 0. The number of epoxide rings is 1. The lowest BCUT2D eigenvalue weighted by molar-refractivity contribution is 0.328. The van der Waals surface area contributed by atoms with E-state index in [2.05, 4.69) is 0 Å². The number of rotatable bonds is 2. The average molecular weight is 293 g/mol. The SMILES string of the molecule is Cc1ccc(S(=O)(=O)N2C/C=C\CC[C@H]3O[C@@H]3C2)cc1. The molecule has 0 radical (unpaired) electrons. The highest BCUT2D eigenvalue weighted by Gasteiger charge is 2.41. The molecule has 1 fully saturated rings. The molecule has 5 heteroatoms. The zero-order valence-corrected chi connectivity index (χ0v) is 12.3. The van der Waals surface area contributed by atoms with Crippen molar-refractivity contribution >= 4 is 10.0 Å². The smallest absolute Gasteiger partial charge is 0.243 e. The van der Waals surface area contributed by atoms with Crippen LogP contribution in [-0.2, 0) is 14.8 Å². The van der Waals surface area contributed by atoms with E-state index in [1.165, 1.54) is 4.31 Å². The van der Waals surface area contributed by atoms with Crippen molar-refractivity contribution in [1.82, 2.24) is 4.31 Å². The fraction of sp³-hybridized carbons (Fsp3) is 0.467. The molecule has 4 nitrogen and oxygen atoms in total. The van der Waals surface area contributed by atoms with Crippen molar-refractivity contribution in [2.75, 3.05) is 13.1 Å². The second kappa shape index (κ2) is 5.31. The number of benzene rings is 1. The Hall–Kier alpha value is -1.17. The Labute approximate surface area is 120 Å². The first-order valence-corrected chi connectivity index (χ1v) is 8.38. The van der Waals surface area contributed by atoms with E-state index >= 15 is 0 Å². The Morgan fingerprint density at radius 2 is 1.90 bits per heavy atom. The predicted octanol–water partition coefficient (Wildman–Crippen LogP) is 2.10. The summed E-state index contributed by atoms with van der Waals surface area (Å²) in [6, 6.07) is 7.00. The van der Waals surface area contributed by atoms with E-state index < -0.39 is 10.0 Å². The van der Waals surface area contributed by atoms with Gasteiger partial charge in [-0.05, 0) is 31.9 Å². The first kappa shape index (κ1) is 13.8. The number of nitrogens with zero attached hydrogens (tertiary/aromatic N) is 1. The molecule has 108 valence electrons. The summed E-state index contributed by atoms with van der Waals surface area (Å²) in [5.41, 5.74) is 1.05. The van der Waals surface area contributed by atoms with Gasteiger partial charge < -0.3 is 4.74 Å². The lowest BCUT2D eigenvalue weighted by Gasteiger charge is -2.20. The maximum Gasteiger partial charge on any atom is 0.243 e. The highest BCUT2D eigenvalue weighted by atomic mass is 32.2. The highest BCUT2D eigenvalue weighted by Crippen LogP contribution is 2.30. The molecule has 0 saturated carbocycles. The lowest BCUT2D eigenvalue weighted by atomic mass is 10.2. The standard InChI is InChI=1S/C15H19NO3S/c1-12-6-8-13(9-7-12)20(17,18)16-10-4-2-3-5-14-15(11-16)19-14/h2,4,6-9,14-15H,3,5,10-11H2,1H3/b4-2-/t14-,15-/m1/s1. The zero-order valence-electron chi connectivity index (χ0n) is 11.5. The van der Waals surface area contributed by atoms with Crippen LogP contribution in [0.2, 0.25) is 0 Å². The van der Waals surface area contributed by atoms with Crippen molar-refractivity contribution < 1.29 is 13.2 Å². The van der Waals surface area contributed by atoms with Crippen LogP contribution in [0.15, 0.2) is 41.3 Å². The molecule has 0 spiro atoms. The maximum absolute atomic E-state index is 12.7. The van der Waals surface area contributed by atoms with Gasteiger partial charge in [-0.1, -0.05) is 29.8 Å². The molecule has 0 N–H and O–H groups in total. The van der Waals surface area contributed by atoms with Crippen molar-refractivity contribution in [1.29, 1.82) is 0 Å². The van der Waals surface area contributed by atoms with Crippen LogP contribution in [0.25, 0.3) is 0 Å². The molecule has 3 rings (SSSR count). The summed E-state index contributed by atoms with van der Waals surface area (Å²) in [6.45, 7) is 2.82. The van der Waals surface area contributed by atoms with E-state index in [9.17, 15) is 8.42 Å². The third-order valence-corrected chi connectivity index (χ3v) is 5.67. The molecule has 1 aromatic rings. The Bertz CT molecular complexity index is 607. The molecule has 0 amide bonds. The van der Waals surface area contributed by atoms with Crippen molar-refractivity contribution in [3.8, 4) is 0 Å². The van der Waals surface area contributed by atoms with Gasteiger partial charge in [0.2, 0.25) is 10.0 Å². The number of fused-ring (bicyclic) bond motifs is 1.